The standard InChI is InChI=1S/C41H67O9P/c1-3-5-7-9-11-13-14-15-16-17-18-20-22-26-31-35-41(44)50-39(37-49-51(45,46)47)36-48-40(43)34-30-27-23-25-29-33-38(42)32-28-24-21-19-12-10-8-6-4-2/h11-13,15-16,18-20,23-25,28-29,33,38-39,42H,3-10,14,17,21-22,26-27,30-32,34-37H2,1-2H3,(H2,45,46,47)/b13-11-,16-15-,19-12-,20-18-,25-23+,28-24-,33-29-/t38?,39-/m1/s1. The summed E-state index contributed by atoms with van der Waals surface area (Å²) in [5.74, 6) is -1.07. The Morgan fingerprint density at radius 2 is 1.12 bits per heavy atom. The summed E-state index contributed by atoms with van der Waals surface area (Å²) in [5, 5.41) is 10.1. The minimum atomic E-state index is -4.80. The molecule has 2 atom stereocenters. The van der Waals surface area contributed by atoms with Crippen molar-refractivity contribution in [3.05, 3.63) is 85.1 Å². The number of hydrogen-bond acceptors (Lipinski definition) is 7. The van der Waals surface area contributed by atoms with Crippen molar-refractivity contribution in [3.8, 4) is 0 Å². The van der Waals surface area contributed by atoms with E-state index in [9.17, 15) is 19.3 Å². The average Bonchev–Trinajstić information content (AvgIpc) is 3.09. The first-order valence-electron chi connectivity index (χ1n) is 19.0. The maximum atomic E-state index is 12.3. The molecule has 0 amide bonds. The van der Waals surface area contributed by atoms with Gasteiger partial charge in [-0.25, -0.2) is 4.57 Å². The van der Waals surface area contributed by atoms with Gasteiger partial charge in [-0.2, -0.15) is 0 Å². The Balaban J connectivity index is 4.25. The van der Waals surface area contributed by atoms with E-state index in [0.717, 1.165) is 44.9 Å². The number of carbonyl (C=O) groups is 2. The molecule has 3 N–H and O–H groups in total. The lowest BCUT2D eigenvalue weighted by Gasteiger charge is -2.18. The molecule has 9 nitrogen and oxygen atoms in total. The summed E-state index contributed by atoms with van der Waals surface area (Å²) >= 11 is 0. The van der Waals surface area contributed by atoms with Gasteiger partial charge < -0.3 is 24.4 Å². The van der Waals surface area contributed by atoms with E-state index in [0.29, 0.717) is 25.7 Å². The Morgan fingerprint density at radius 1 is 0.608 bits per heavy atom. The molecule has 0 aromatic heterocycles. The molecule has 0 radical (unpaired) electrons. The van der Waals surface area contributed by atoms with Crippen LogP contribution in [0.4, 0.5) is 0 Å². The summed E-state index contributed by atoms with van der Waals surface area (Å²) in [6.07, 6.45) is 43.3. The molecule has 0 saturated carbocycles. The molecule has 0 aliphatic rings. The van der Waals surface area contributed by atoms with Gasteiger partial charge in [0.15, 0.2) is 6.10 Å². The molecule has 0 rings (SSSR count). The molecule has 290 valence electrons. The lowest BCUT2D eigenvalue weighted by molar-refractivity contribution is -0.161. The van der Waals surface area contributed by atoms with Crippen LogP contribution in [0.3, 0.4) is 0 Å². The van der Waals surface area contributed by atoms with Gasteiger partial charge in [0, 0.05) is 12.8 Å². The Morgan fingerprint density at radius 3 is 1.69 bits per heavy atom. The predicted molar refractivity (Wildman–Crippen MR) is 208 cm³/mol. The number of allylic oxidation sites excluding steroid dienone is 12. The van der Waals surface area contributed by atoms with Crippen LogP contribution in [0.15, 0.2) is 85.1 Å². The molecule has 0 aliphatic heterocycles. The first-order valence-corrected chi connectivity index (χ1v) is 20.5. The molecule has 0 aromatic rings. The van der Waals surface area contributed by atoms with Gasteiger partial charge in [0.2, 0.25) is 0 Å². The van der Waals surface area contributed by atoms with Gasteiger partial charge in [0.25, 0.3) is 0 Å². The fourth-order valence-corrected chi connectivity index (χ4v) is 4.93. The van der Waals surface area contributed by atoms with Crippen molar-refractivity contribution in [1.82, 2.24) is 0 Å². The van der Waals surface area contributed by atoms with Crippen LogP contribution in [-0.4, -0.2) is 52.3 Å². The third-order valence-electron chi connectivity index (χ3n) is 7.47. The molecule has 0 aliphatic carbocycles. The molecule has 1 unspecified atom stereocenters. The van der Waals surface area contributed by atoms with Gasteiger partial charge in [0.1, 0.15) is 6.61 Å². The number of unbranched alkanes of at least 4 members (excludes halogenated alkanes) is 9. The highest BCUT2D eigenvalue weighted by molar-refractivity contribution is 7.46. The van der Waals surface area contributed by atoms with E-state index in [2.05, 4.69) is 73.1 Å². The Hall–Kier alpha value is -2.81. The number of phosphoric ester groups is 1. The second kappa shape index (κ2) is 35.6. The maximum absolute atomic E-state index is 12.3. The second-order valence-corrected chi connectivity index (χ2v) is 13.6. The highest BCUT2D eigenvalue weighted by Gasteiger charge is 2.22. The number of carbonyl (C=O) groups excluding carboxylic acids is 2. The predicted octanol–water partition coefficient (Wildman–Crippen LogP) is 10.3. The molecule has 0 bridgehead atoms. The number of aliphatic hydroxyl groups is 1. The van der Waals surface area contributed by atoms with E-state index in [1.165, 1.54) is 38.5 Å². The second-order valence-electron chi connectivity index (χ2n) is 12.4. The topological polar surface area (TPSA) is 140 Å². The van der Waals surface area contributed by atoms with Gasteiger partial charge in [-0.05, 0) is 83.5 Å². The number of phosphoric acid groups is 1. The van der Waals surface area contributed by atoms with Crippen molar-refractivity contribution in [1.29, 1.82) is 0 Å². The van der Waals surface area contributed by atoms with E-state index in [1.807, 2.05) is 18.2 Å². The van der Waals surface area contributed by atoms with Gasteiger partial charge >= 0.3 is 19.8 Å². The normalized spacial score (nSPS) is 14.1. The molecule has 10 heteroatoms. The van der Waals surface area contributed by atoms with Crippen molar-refractivity contribution in [3.63, 3.8) is 0 Å². The minimum absolute atomic E-state index is 0.119. The molecule has 0 saturated heterocycles. The summed E-state index contributed by atoms with van der Waals surface area (Å²) < 4.78 is 26.2. The van der Waals surface area contributed by atoms with Crippen LogP contribution >= 0.6 is 7.82 Å². The zero-order valence-corrected chi connectivity index (χ0v) is 32.2. The quantitative estimate of drug-likeness (QED) is 0.0198. The van der Waals surface area contributed by atoms with Crippen molar-refractivity contribution in [2.75, 3.05) is 13.2 Å². The number of hydrogen-bond donors (Lipinski definition) is 3. The SMILES string of the molecule is CCCCC/C=C\C/C=C\C/C=C\CCCCC(=O)O[C@H](COC(=O)CCC/C=C/C=C\C(O)C/C=C\C/C=C\CCCCC)COP(=O)(O)O. The average molecular weight is 735 g/mol. The largest absolute Gasteiger partial charge is 0.469 e. The summed E-state index contributed by atoms with van der Waals surface area (Å²) in [7, 11) is -4.80. The van der Waals surface area contributed by atoms with Crippen LogP contribution < -0.4 is 0 Å². The molecule has 0 fully saturated rings. The van der Waals surface area contributed by atoms with Crippen LogP contribution in [0.1, 0.15) is 136 Å². The number of ether oxygens (including phenoxy) is 2. The highest BCUT2D eigenvalue weighted by Crippen LogP contribution is 2.35. The Bertz CT molecular complexity index is 1110. The van der Waals surface area contributed by atoms with E-state index >= 15 is 0 Å². The monoisotopic (exact) mass is 734 g/mol. The number of aliphatic hydroxyl groups excluding tert-OH is 1. The molecule has 51 heavy (non-hydrogen) atoms. The van der Waals surface area contributed by atoms with Gasteiger partial charge in [0.05, 0.1) is 12.7 Å². The number of rotatable bonds is 33. The third kappa shape index (κ3) is 38.3. The first kappa shape index (κ1) is 48.2. The van der Waals surface area contributed by atoms with Crippen LogP contribution in [0.2, 0.25) is 0 Å². The first-order chi connectivity index (χ1) is 24.7. The van der Waals surface area contributed by atoms with E-state index in [4.69, 9.17) is 19.3 Å². The summed E-state index contributed by atoms with van der Waals surface area (Å²) in [4.78, 5) is 42.7. The molecular formula is C41H67O9P. The van der Waals surface area contributed by atoms with Crippen molar-refractivity contribution in [2.45, 2.75) is 148 Å². The third-order valence-corrected chi connectivity index (χ3v) is 7.95. The zero-order valence-electron chi connectivity index (χ0n) is 31.3. The fraction of sp³-hybridized carbons (Fsp3) is 0.610. The zero-order chi connectivity index (χ0) is 37.7. The van der Waals surface area contributed by atoms with Gasteiger partial charge in [-0.3, -0.25) is 14.1 Å². The molecular weight excluding hydrogens is 667 g/mol. The summed E-state index contributed by atoms with van der Waals surface area (Å²) in [6.45, 7) is 3.44. The Labute approximate surface area is 308 Å². The van der Waals surface area contributed by atoms with Crippen LogP contribution in [0.5, 0.6) is 0 Å². The van der Waals surface area contributed by atoms with Gasteiger partial charge in [-0.1, -0.05) is 125 Å². The van der Waals surface area contributed by atoms with Crippen molar-refractivity contribution in [2.24, 2.45) is 0 Å². The van der Waals surface area contributed by atoms with E-state index in [1.54, 1.807) is 12.2 Å². The minimum Gasteiger partial charge on any atom is -0.462 e. The summed E-state index contributed by atoms with van der Waals surface area (Å²) in [5.41, 5.74) is 0. The maximum Gasteiger partial charge on any atom is 0.469 e. The van der Waals surface area contributed by atoms with Crippen molar-refractivity contribution < 1.29 is 43.0 Å². The smallest absolute Gasteiger partial charge is 0.462 e. The number of esters is 2. The lowest BCUT2D eigenvalue weighted by atomic mass is 10.1. The fourth-order valence-electron chi connectivity index (χ4n) is 4.57. The van der Waals surface area contributed by atoms with Crippen LogP contribution in [-0.2, 0) is 28.2 Å². The Kier molecular flexibility index (Phi) is 33.6. The molecule has 0 heterocycles. The van der Waals surface area contributed by atoms with E-state index in [-0.39, 0.29) is 19.4 Å². The molecule has 0 aromatic carbocycles. The lowest BCUT2D eigenvalue weighted by Crippen LogP contribution is -2.29. The summed E-state index contributed by atoms with van der Waals surface area (Å²) in [6, 6.07) is 0. The van der Waals surface area contributed by atoms with Crippen LogP contribution in [0, 0.1) is 0 Å². The van der Waals surface area contributed by atoms with Crippen molar-refractivity contribution >= 4 is 19.8 Å². The van der Waals surface area contributed by atoms with E-state index < -0.39 is 38.6 Å². The van der Waals surface area contributed by atoms with Gasteiger partial charge in [-0.15, -0.1) is 0 Å². The molecule has 0 spiro atoms. The highest BCUT2D eigenvalue weighted by atomic mass is 31.2. The van der Waals surface area contributed by atoms with Crippen LogP contribution in [0.25, 0.3) is 0 Å².